The normalized spacial score (nSPS) is 16.6. The average Bonchev–Trinajstić information content (AvgIpc) is 2.82. The fraction of sp³-hybridized carbons (Fsp3) is 0.611. The van der Waals surface area contributed by atoms with E-state index in [0.717, 1.165) is 44.1 Å². The lowest BCUT2D eigenvalue weighted by Crippen LogP contribution is -2.41. The number of hydrogen-bond donors (Lipinski definition) is 1. The van der Waals surface area contributed by atoms with Gasteiger partial charge < -0.3 is 5.32 Å². The molecule has 1 saturated carbocycles. The monoisotopic (exact) mass is 386 g/mol. The van der Waals surface area contributed by atoms with Crippen LogP contribution in [-0.4, -0.2) is 37.5 Å². The van der Waals surface area contributed by atoms with Crippen LogP contribution in [0.1, 0.15) is 50.5 Å². The van der Waals surface area contributed by atoms with E-state index < -0.39 is 10.0 Å². The van der Waals surface area contributed by atoms with Gasteiger partial charge in [0.15, 0.2) is 0 Å². The third-order valence-corrected chi connectivity index (χ3v) is 6.35. The van der Waals surface area contributed by atoms with Crippen LogP contribution in [0.2, 0.25) is 5.02 Å². The van der Waals surface area contributed by atoms with Crippen molar-refractivity contribution in [2.75, 3.05) is 12.8 Å². The summed E-state index contributed by atoms with van der Waals surface area (Å²) in [5.41, 5.74) is 0.848. The van der Waals surface area contributed by atoms with Gasteiger partial charge in [-0.15, -0.1) is 0 Å². The van der Waals surface area contributed by atoms with Crippen molar-refractivity contribution >= 4 is 27.5 Å². The SMILES string of the molecule is CS(=O)(=O)N(CCC(=O)NCc1ccccc1Cl)C1CCCCCC1. The van der Waals surface area contributed by atoms with Crippen molar-refractivity contribution in [2.45, 2.75) is 57.5 Å². The Kier molecular flexibility index (Phi) is 7.72. The first-order chi connectivity index (χ1) is 11.9. The van der Waals surface area contributed by atoms with Crippen LogP contribution in [0.5, 0.6) is 0 Å². The van der Waals surface area contributed by atoms with Crippen molar-refractivity contribution in [1.29, 1.82) is 0 Å². The molecule has 0 aromatic heterocycles. The topological polar surface area (TPSA) is 66.5 Å². The minimum absolute atomic E-state index is 0.0221. The van der Waals surface area contributed by atoms with E-state index >= 15 is 0 Å². The lowest BCUT2D eigenvalue weighted by molar-refractivity contribution is -0.121. The quantitative estimate of drug-likeness (QED) is 0.731. The van der Waals surface area contributed by atoms with Crippen LogP contribution >= 0.6 is 11.6 Å². The van der Waals surface area contributed by atoms with Crippen LogP contribution in [0, 0.1) is 0 Å². The first-order valence-electron chi connectivity index (χ1n) is 8.85. The molecule has 1 aliphatic carbocycles. The van der Waals surface area contributed by atoms with E-state index in [1.165, 1.54) is 10.6 Å². The number of nitrogens with one attached hydrogen (secondary N) is 1. The van der Waals surface area contributed by atoms with Crippen LogP contribution in [-0.2, 0) is 21.4 Å². The highest BCUT2D eigenvalue weighted by Crippen LogP contribution is 2.24. The molecule has 1 aromatic rings. The Labute approximate surface area is 155 Å². The highest BCUT2D eigenvalue weighted by Gasteiger charge is 2.27. The standard InChI is InChI=1S/C18H27ClN2O3S/c1-25(23,24)21(16-9-4-2-3-5-10-16)13-12-18(22)20-14-15-8-6-7-11-17(15)19/h6-8,11,16H,2-5,9-10,12-14H2,1H3,(H,20,22). The van der Waals surface area contributed by atoms with E-state index in [-0.39, 0.29) is 24.9 Å². The van der Waals surface area contributed by atoms with E-state index in [1.807, 2.05) is 18.2 Å². The molecule has 0 heterocycles. The van der Waals surface area contributed by atoms with Gasteiger partial charge in [0.2, 0.25) is 15.9 Å². The molecule has 0 radical (unpaired) electrons. The number of halogens is 1. The summed E-state index contributed by atoms with van der Waals surface area (Å²) >= 11 is 6.07. The third kappa shape index (κ3) is 6.60. The average molecular weight is 387 g/mol. The molecule has 0 spiro atoms. The molecule has 1 amide bonds. The molecule has 0 unspecified atom stereocenters. The molecule has 0 bridgehead atoms. The molecule has 1 aromatic carbocycles. The number of carbonyl (C=O) groups excluding carboxylic acids is 1. The molecular weight excluding hydrogens is 360 g/mol. The number of hydrogen-bond acceptors (Lipinski definition) is 3. The lowest BCUT2D eigenvalue weighted by atomic mass is 10.1. The maximum Gasteiger partial charge on any atom is 0.221 e. The van der Waals surface area contributed by atoms with Crippen LogP contribution in [0.4, 0.5) is 0 Å². The fourth-order valence-corrected chi connectivity index (χ4v) is 4.68. The summed E-state index contributed by atoms with van der Waals surface area (Å²) in [5, 5.41) is 3.43. The summed E-state index contributed by atoms with van der Waals surface area (Å²) in [6.07, 6.45) is 7.58. The van der Waals surface area contributed by atoms with Crippen molar-refractivity contribution in [3.63, 3.8) is 0 Å². The Hall–Kier alpha value is -1.11. The second-order valence-electron chi connectivity index (χ2n) is 6.64. The van der Waals surface area contributed by atoms with Gasteiger partial charge in [0, 0.05) is 30.6 Å². The number of sulfonamides is 1. The largest absolute Gasteiger partial charge is 0.352 e. The van der Waals surface area contributed by atoms with Gasteiger partial charge >= 0.3 is 0 Å². The van der Waals surface area contributed by atoms with Gasteiger partial charge in [0.1, 0.15) is 0 Å². The van der Waals surface area contributed by atoms with Gasteiger partial charge in [0.25, 0.3) is 0 Å². The van der Waals surface area contributed by atoms with Crippen molar-refractivity contribution in [3.05, 3.63) is 34.9 Å². The van der Waals surface area contributed by atoms with Gasteiger partial charge in [-0.1, -0.05) is 55.5 Å². The lowest BCUT2D eigenvalue weighted by Gasteiger charge is -2.28. The summed E-state index contributed by atoms with van der Waals surface area (Å²) in [6.45, 7) is 0.582. The number of amides is 1. The van der Waals surface area contributed by atoms with E-state index in [4.69, 9.17) is 11.6 Å². The second-order valence-corrected chi connectivity index (χ2v) is 8.98. The molecule has 1 fully saturated rings. The summed E-state index contributed by atoms with van der Waals surface area (Å²) in [4.78, 5) is 12.1. The maximum absolute atomic E-state index is 12.2. The Bertz CT molecular complexity index is 671. The molecule has 1 N–H and O–H groups in total. The van der Waals surface area contributed by atoms with Crippen LogP contribution in [0.15, 0.2) is 24.3 Å². The number of nitrogens with zero attached hydrogens (tertiary/aromatic N) is 1. The molecule has 7 heteroatoms. The van der Waals surface area contributed by atoms with Crippen molar-refractivity contribution in [2.24, 2.45) is 0 Å². The number of carbonyl (C=O) groups is 1. The van der Waals surface area contributed by atoms with Gasteiger partial charge in [-0.2, -0.15) is 4.31 Å². The first-order valence-corrected chi connectivity index (χ1v) is 11.1. The Morgan fingerprint density at radius 3 is 2.44 bits per heavy atom. The van der Waals surface area contributed by atoms with Crippen molar-refractivity contribution in [1.82, 2.24) is 9.62 Å². The van der Waals surface area contributed by atoms with E-state index in [2.05, 4.69) is 5.32 Å². The summed E-state index contributed by atoms with van der Waals surface area (Å²) < 4.78 is 25.8. The zero-order chi connectivity index (χ0) is 18.3. The van der Waals surface area contributed by atoms with Crippen molar-refractivity contribution in [3.8, 4) is 0 Å². The predicted molar refractivity (Wildman–Crippen MR) is 101 cm³/mol. The van der Waals surface area contributed by atoms with E-state index in [1.54, 1.807) is 6.07 Å². The molecule has 2 rings (SSSR count). The number of rotatable bonds is 7. The molecule has 0 aliphatic heterocycles. The molecule has 140 valence electrons. The van der Waals surface area contributed by atoms with Crippen LogP contribution in [0.25, 0.3) is 0 Å². The fourth-order valence-electron chi connectivity index (χ4n) is 3.30. The van der Waals surface area contributed by atoms with Crippen molar-refractivity contribution < 1.29 is 13.2 Å². The second kappa shape index (κ2) is 9.55. The van der Waals surface area contributed by atoms with Gasteiger partial charge in [-0.05, 0) is 24.5 Å². The predicted octanol–water partition coefficient (Wildman–Crippen LogP) is 3.33. The van der Waals surface area contributed by atoms with E-state index in [0.29, 0.717) is 11.6 Å². The van der Waals surface area contributed by atoms with Crippen LogP contribution < -0.4 is 5.32 Å². The molecule has 0 atom stereocenters. The molecule has 0 saturated heterocycles. The number of benzene rings is 1. The Morgan fingerprint density at radius 2 is 1.84 bits per heavy atom. The third-order valence-electron chi connectivity index (χ3n) is 4.65. The molecule has 5 nitrogen and oxygen atoms in total. The molecule has 1 aliphatic rings. The Balaban J connectivity index is 1.89. The smallest absolute Gasteiger partial charge is 0.221 e. The minimum atomic E-state index is -3.32. The molecular formula is C18H27ClN2O3S. The maximum atomic E-state index is 12.2. The molecule has 25 heavy (non-hydrogen) atoms. The van der Waals surface area contributed by atoms with Gasteiger partial charge in [-0.3, -0.25) is 4.79 Å². The summed E-state index contributed by atoms with van der Waals surface area (Å²) in [7, 11) is -3.32. The zero-order valence-corrected chi connectivity index (χ0v) is 16.3. The van der Waals surface area contributed by atoms with Gasteiger partial charge in [-0.25, -0.2) is 8.42 Å². The zero-order valence-electron chi connectivity index (χ0n) is 14.7. The van der Waals surface area contributed by atoms with E-state index in [9.17, 15) is 13.2 Å². The first kappa shape index (κ1) is 20.2. The van der Waals surface area contributed by atoms with Crippen LogP contribution in [0.3, 0.4) is 0 Å². The highest BCUT2D eigenvalue weighted by atomic mass is 35.5. The highest BCUT2D eigenvalue weighted by molar-refractivity contribution is 7.88. The summed E-state index contributed by atoms with van der Waals surface area (Å²) in [5.74, 6) is -0.165. The Morgan fingerprint density at radius 1 is 1.20 bits per heavy atom. The minimum Gasteiger partial charge on any atom is -0.352 e. The summed E-state index contributed by atoms with van der Waals surface area (Å²) in [6, 6.07) is 7.36. The van der Waals surface area contributed by atoms with Gasteiger partial charge in [0.05, 0.1) is 6.26 Å².